The molecule has 98 valence electrons. The van der Waals surface area contributed by atoms with E-state index in [1.165, 1.54) is 5.56 Å². The molecule has 6 heteroatoms. The Morgan fingerprint density at radius 3 is 2.79 bits per heavy atom. The average molecular weight is 337 g/mol. The van der Waals surface area contributed by atoms with Crippen molar-refractivity contribution >= 4 is 39.3 Å². The van der Waals surface area contributed by atoms with E-state index in [1.807, 2.05) is 29.3 Å². The predicted molar refractivity (Wildman–Crippen MR) is 82.4 cm³/mol. The predicted octanol–water partition coefficient (Wildman–Crippen LogP) is 3.80. The van der Waals surface area contributed by atoms with Gasteiger partial charge < -0.3 is 4.98 Å². The highest BCUT2D eigenvalue weighted by Crippen LogP contribution is 2.25. The number of hydrogen-bond acceptors (Lipinski definition) is 2. The third-order valence-corrected chi connectivity index (χ3v) is 4.03. The molecule has 0 fully saturated rings. The van der Waals surface area contributed by atoms with Crippen molar-refractivity contribution in [3.8, 4) is 5.69 Å². The van der Waals surface area contributed by atoms with Gasteiger partial charge in [0.1, 0.15) is 5.52 Å². The second-order valence-electron chi connectivity index (χ2n) is 4.60. The zero-order valence-electron chi connectivity index (χ0n) is 10.9. The summed E-state index contributed by atoms with van der Waals surface area (Å²) in [5, 5.41) is 4.44. The molecule has 1 N–H and O–H groups in total. The van der Waals surface area contributed by atoms with Crippen LogP contribution in [-0.4, -0.2) is 19.3 Å². The molecule has 0 unspecified atom stereocenters. The van der Waals surface area contributed by atoms with Gasteiger partial charge in [-0.15, -0.1) is 0 Å². The monoisotopic (exact) mass is 336 g/mol. The van der Waals surface area contributed by atoms with Gasteiger partial charge in [0.05, 0.1) is 11.4 Å². The number of hydrogen-bond donors (Lipinski definition) is 1. The molecule has 3 aromatic rings. The smallest absolute Gasteiger partial charge is 0.184 e. The molecule has 2 heterocycles. The quantitative estimate of drug-likeness (QED) is 0.686. The van der Waals surface area contributed by atoms with Gasteiger partial charge in [-0.05, 0) is 43.8 Å². The number of aromatic nitrogens is 4. The molecule has 0 saturated carbocycles. The lowest BCUT2D eigenvalue weighted by Crippen LogP contribution is -2.02. The fourth-order valence-electron chi connectivity index (χ4n) is 2.35. The first-order valence-electron chi connectivity index (χ1n) is 5.90. The number of nitrogens with one attached hydrogen (secondary N) is 1. The molecular formula is C13H13BrN4S. The number of imidazole rings is 1. The van der Waals surface area contributed by atoms with Gasteiger partial charge in [-0.2, -0.15) is 5.10 Å². The molecule has 0 amide bonds. The number of H-pyrrole nitrogens is 1. The topological polar surface area (TPSA) is 38.5 Å². The minimum absolute atomic E-state index is 0.687. The SMILES string of the molecule is Cc1ccc(Br)cc1-n1c(=S)[nH]c2c(C)nn(C)c21. The number of aromatic amines is 1. The molecule has 0 spiro atoms. The third-order valence-electron chi connectivity index (χ3n) is 3.25. The first-order valence-corrected chi connectivity index (χ1v) is 7.10. The summed E-state index contributed by atoms with van der Waals surface area (Å²) in [5.74, 6) is 0. The summed E-state index contributed by atoms with van der Waals surface area (Å²) >= 11 is 8.98. The molecule has 0 aliphatic carbocycles. The van der Waals surface area contributed by atoms with Crippen LogP contribution < -0.4 is 0 Å². The highest BCUT2D eigenvalue weighted by Gasteiger charge is 2.15. The van der Waals surface area contributed by atoms with E-state index in [9.17, 15) is 0 Å². The van der Waals surface area contributed by atoms with E-state index in [0.29, 0.717) is 4.77 Å². The van der Waals surface area contributed by atoms with Gasteiger partial charge in [-0.1, -0.05) is 22.0 Å². The van der Waals surface area contributed by atoms with Crippen LogP contribution in [0.5, 0.6) is 0 Å². The number of halogens is 1. The highest BCUT2D eigenvalue weighted by molar-refractivity contribution is 9.10. The van der Waals surface area contributed by atoms with Gasteiger partial charge in [-0.3, -0.25) is 4.57 Å². The van der Waals surface area contributed by atoms with Crippen LogP contribution in [0.25, 0.3) is 16.9 Å². The lowest BCUT2D eigenvalue weighted by molar-refractivity contribution is 0.758. The maximum atomic E-state index is 5.46. The zero-order valence-corrected chi connectivity index (χ0v) is 13.3. The number of aryl methyl sites for hydroxylation is 3. The maximum absolute atomic E-state index is 5.46. The second-order valence-corrected chi connectivity index (χ2v) is 5.91. The molecule has 1 aromatic carbocycles. The molecule has 4 nitrogen and oxygen atoms in total. The number of rotatable bonds is 1. The van der Waals surface area contributed by atoms with Gasteiger partial charge in [-0.25, -0.2) is 4.68 Å². The Hall–Kier alpha value is -1.40. The van der Waals surface area contributed by atoms with Crippen molar-refractivity contribution in [3.63, 3.8) is 0 Å². The van der Waals surface area contributed by atoms with E-state index in [2.05, 4.69) is 45.1 Å². The second kappa shape index (κ2) is 4.31. The fraction of sp³-hybridized carbons (Fsp3) is 0.231. The van der Waals surface area contributed by atoms with Gasteiger partial charge in [0.2, 0.25) is 0 Å². The fourth-order valence-corrected chi connectivity index (χ4v) is 2.99. The molecule has 0 saturated heterocycles. The lowest BCUT2D eigenvalue weighted by atomic mass is 10.2. The van der Waals surface area contributed by atoms with Crippen molar-refractivity contribution in [1.82, 2.24) is 19.3 Å². The standard InChI is InChI=1S/C13H13BrN4S/c1-7-4-5-9(14)6-10(7)18-12-11(15-13(18)19)8(2)16-17(12)3/h4-6H,1-3H3,(H,15,19). The Labute approximate surface area is 124 Å². The van der Waals surface area contributed by atoms with E-state index in [4.69, 9.17) is 12.2 Å². The molecule has 0 atom stereocenters. The summed E-state index contributed by atoms with van der Waals surface area (Å²) in [4.78, 5) is 3.24. The molecule has 0 aliphatic heterocycles. The normalized spacial score (nSPS) is 11.4. The van der Waals surface area contributed by atoms with E-state index in [-0.39, 0.29) is 0 Å². The first-order chi connectivity index (χ1) is 8.99. The molecule has 2 aromatic heterocycles. The van der Waals surface area contributed by atoms with E-state index < -0.39 is 0 Å². The van der Waals surface area contributed by atoms with Crippen LogP contribution in [0.15, 0.2) is 22.7 Å². The summed E-state index contributed by atoms with van der Waals surface area (Å²) in [6, 6.07) is 6.17. The summed E-state index contributed by atoms with van der Waals surface area (Å²) < 4.78 is 5.61. The minimum atomic E-state index is 0.687. The van der Waals surface area contributed by atoms with Crippen LogP contribution >= 0.6 is 28.1 Å². The largest absolute Gasteiger partial charge is 0.327 e. The van der Waals surface area contributed by atoms with Crippen molar-refractivity contribution in [3.05, 3.63) is 38.7 Å². The Kier molecular flexibility index (Phi) is 2.87. The highest BCUT2D eigenvalue weighted by atomic mass is 79.9. The van der Waals surface area contributed by atoms with Crippen molar-refractivity contribution in [2.24, 2.45) is 7.05 Å². The molecule has 3 rings (SSSR count). The van der Waals surface area contributed by atoms with Crippen LogP contribution in [0.3, 0.4) is 0 Å². The zero-order chi connectivity index (χ0) is 13.7. The van der Waals surface area contributed by atoms with Crippen LogP contribution in [0.2, 0.25) is 0 Å². The van der Waals surface area contributed by atoms with Gasteiger partial charge in [0, 0.05) is 11.5 Å². The number of fused-ring (bicyclic) bond motifs is 1. The summed E-state index contributed by atoms with van der Waals surface area (Å²) in [6.45, 7) is 4.05. The van der Waals surface area contributed by atoms with Crippen LogP contribution in [0.4, 0.5) is 0 Å². The number of benzene rings is 1. The summed E-state index contributed by atoms with van der Waals surface area (Å²) in [5.41, 5.74) is 5.17. The van der Waals surface area contributed by atoms with E-state index >= 15 is 0 Å². The Morgan fingerprint density at radius 1 is 1.32 bits per heavy atom. The van der Waals surface area contributed by atoms with Gasteiger partial charge >= 0.3 is 0 Å². The Bertz CT molecular complexity index is 840. The molecule has 0 radical (unpaired) electrons. The minimum Gasteiger partial charge on any atom is -0.327 e. The summed E-state index contributed by atoms with van der Waals surface area (Å²) in [6.07, 6.45) is 0. The van der Waals surface area contributed by atoms with Crippen molar-refractivity contribution < 1.29 is 0 Å². The van der Waals surface area contributed by atoms with Crippen LogP contribution in [-0.2, 0) is 7.05 Å². The van der Waals surface area contributed by atoms with Crippen molar-refractivity contribution in [2.45, 2.75) is 13.8 Å². The average Bonchev–Trinajstić information content (AvgIpc) is 2.81. The molecular weight excluding hydrogens is 324 g/mol. The van der Waals surface area contributed by atoms with Crippen LogP contribution in [0, 0.1) is 18.6 Å². The van der Waals surface area contributed by atoms with Gasteiger partial charge in [0.25, 0.3) is 0 Å². The van der Waals surface area contributed by atoms with E-state index in [1.54, 1.807) is 0 Å². The lowest BCUT2D eigenvalue weighted by Gasteiger charge is -2.09. The molecule has 0 aliphatic rings. The van der Waals surface area contributed by atoms with Crippen LogP contribution in [0.1, 0.15) is 11.3 Å². The third kappa shape index (κ3) is 1.86. The number of nitrogens with zero attached hydrogens (tertiary/aromatic N) is 3. The van der Waals surface area contributed by atoms with Gasteiger partial charge in [0.15, 0.2) is 10.4 Å². The molecule has 0 bridgehead atoms. The van der Waals surface area contributed by atoms with Crippen molar-refractivity contribution in [2.75, 3.05) is 0 Å². The Morgan fingerprint density at radius 2 is 2.05 bits per heavy atom. The van der Waals surface area contributed by atoms with Crippen molar-refractivity contribution in [1.29, 1.82) is 0 Å². The van der Waals surface area contributed by atoms with E-state index in [0.717, 1.165) is 27.0 Å². The summed E-state index contributed by atoms with van der Waals surface area (Å²) in [7, 11) is 1.93. The first kappa shape index (κ1) is 12.6. The molecule has 19 heavy (non-hydrogen) atoms. The Balaban J connectivity index is 2.45. The maximum Gasteiger partial charge on any atom is 0.184 e.